The predicted octanol–water partition coefficient (Wildman–Crippen LogP) is 5.25. The minimum Gasteiger partial charge on any atom is -0.322 e. The monoisotopic (exact) mass is 392 g/mol. The Hall–Kier alpha value is -2.27. The number of amides is 1. The standard InChI is InChI=1S/C18H11Cl3N2O2/c19-11-3-1-10(2-4-11)16-6-5-15(18(25)23-16)17(24)22-14-8-12(20)7-13(21)9-14/h1-9H,(H,22,24)(H,23,25). The average molecular weight is 394 g/mol. The van der Waals surface area contributed by atoms with Crippen molar-refractivity contribution in [3.8, 4) is 11.3 Å². The molecule has 1 amide bonds. The van der Waals surface area contributed by atoms with Crippen molar-refractivity contribution in [1.29, 1.82) is 0 Å². The Morgan fingerprint density at radius 3 is 2.08 bits per heavy atom. The van der Waals surface area contributed by atoms with Gasteiger partial charge in [0, 0.05) is 26.4 Å². The van der Waals surface area contributed by atoms with Gasteiger partial charge in [-0.25, -0.2) is 0 Å². The molecule has 7 heteroatoms. The van der Waals surface area contributed by atoms with Gasteiger partial charge in [-0.05, 0) is 48.0 Å². The molecule has 0 aliphatic carbocycles. The highest BCUT2D eigenvalue weighted by Gasteiger charge is 2.12. The number of hydrogen-bond acceptors (Lipinski definition) is 2. The Labute approximate surface area is 158 Å². The number of aromatic amines is 1. The number of carbonyl (C=O) groups excluding carboxylic acids is 1. The van der Waals surface area contributed by atoms with Crippen LogP contribution in [-0.4, -0.2) is 10.9 Å². The van der Waals surface area contributed by atoms with Crippen LogP contribution in [0.1, 0.15) is 10.4 Å². The highest BCUT2D eigenvalue weighted by molar-refractivity contribution is 6.35. The number of H-pyrrole nitrogens is 1. The zero-order chi connectivity index (χ0) is 18.0. The van der Waals surface area contributed by atoms with E-state index in [1.807, 2.05) is 0 Å². The lowest BCUT2D eigenvalue weighted by Gasteiger charge is -2.07. The lowest BCUT2D eigenvalue weighted by atomic mass is 10.1. The third-order valence-electron chi connectivity index (χ3n) is 3.43. The van der Waals surface area contributed by atoms with E-state index in [1.165, 1.54) is 6.07 Å². The summed E-state index contributed by atoms with van der Waals surface area (Å²) in [5.74, 6) is -0.553. The summed E-state index contributed by atoms with van der Waals surface area (Å²) in [6.45, 7) is 0. The summed E-state index contributed by atoms with van der Waals surface area (Å²) in [5, 5.41) is 3.97. The quantitative estimate of drug-likeness (QED) is 0.638. The molecule has 1 aromatic heterocycles. The van der Waals surface area contributed by atoms with E-state index in [9.17, 15) is 9.59 Å². The molecule has 0 saturated carbocycles. The van der Waals surface area contributed by atoms with Crippen molar-refractivity contribution in [2.24, 2.45) is 0 Å². The largest absolute Gasteiger partial charge is 0.322 e. The number of pyridine rings is 1. The van der Waals surface area contributed by atoms with Crippen molar-refractivity contribution >= 4 is 46.4 Å². The van der Waals surface area contributed by atoms with Crippen LogP contribution in [0.25, 0.3) is 11.3 Å². The fraction of sp³-hybridized carbons (Fsp3) is 0. The maximum absolute atomic E-state index is 12.3. The highest BCUT2D eigenvalue weighted by atomic mass is 35.5. The number of halogens is 3. The van der Waals surface area contributed by atoms with Gasteiger partial charge in [-0.15, -0.1) is 0 Å². The molecule has 0 aliphatic heterocycles. The van der Waals surface area contributed by atoms with Crippen molar-refractivity contribution in [2.45, 2.75) is 0 Å². The van der Waals surface area contributed by atoms with Gasteiger partial charge < -0.3 is 10.3 Å². The minimum atomic E-state index is -0.553. The molecular formula is C18H11Cl3N2O2. The second-order valence-corrected chi connectivity index (χ2v) is 6.54. The van der Waals surface area contributed by atoms with Crippen LogP contribution in [0.3, 0.4) is 0 Å². The number of rotatable bonds is 3. The van der Waals surface area contributed by atoms with E-state index in [0.717, 1.165) is 5.56 Å². The summed E-state index contributed by atoms with van der Waals surface area (Å²) >= 11 is 17.6. The molecule has 0 unspecified atom stereocenters. The molecule has 0 aliphatic rings. The summed E-state index contributed by atoms with van der Waals surface area (Å²) in [4.78, 5) is 27.3. The molecule has 126 valence electrons. The smallest absolute Gasteiger partial charge is 0.261 e. The van der Waals surface area contributed by atoms with E-state index in [2.05, 4.69) is 10.3 Å². The van der Waals surface area contributed by atoms with Gasteiger partial charge in [-0.2, -0.15) is 0 Å². The minimum absolute atomic E-state index is 0.0196. The van der Waals surface area contributed by atoms with Crippen LogP contribution in [0.15, 0.2) is 59.4 Å². The summed E-state index contributed by atoms with van der Waals surface area (Å²) in [6.07, 6.45) is 0. The van der Waals surface area contributed by atoms with Gasteiger partial charge in [0.25, 0.3) is 11.5 Å². The van der Waals surface area contributed by atoms with Crippen LogP contribution in [0, 0.1) is 0 Å². The number of benzene rings is 2. The first-order valence-electron chi connectivity index (χ1n) is 7.19. The first-order valence-corrected chi connectivity index (χ1v) is 8.32. The zero-order valence-electron chi connectivity index (χ0n) is 12.6. The first kappa shape index (κ1) is 17.5. The number of aromatic nitrogens is 1. The average Bonchev–Trinajstić information content (AvgIpc) is 2.54. The molecule has 0 atom stereocenters. The third-order valence-corrected chi connectivity index (χ3v) is 4.12. The number of nitrogens with one attached hydrogen (secondary N) is 2. The Balaban J connectivity index is 1.86. The van der Waals surface area contributed by atoms with Gasteiger partial charge in [0.1, 0.15) is 5.56 Å². The van der Waals surface area contributed by atoms with E-state index < -0.39 is 11.5 Å². The molecule has 4 nitrogen and oxygen atoms in total. The number of hydrogen-bond donors (Lipinski definition) is 2. The van der Waals surface area contributed by atoms with Gasteiger partial charge in [0.2, 0.25) is 0 Å². The molecule has 0 radical (unpaired) electrons. The van der Waals surface area contributed by atoms with E-state index in [4.69, 9.17) is 34.8 Å². The third kappa shape index (κ3) is 4.23. The summed E-state index contributed by atoms with van der Waals surface area (Å²) in [6, 6.07) is 14.8. The maximum Gasteiger partial charge on any atom is 0.261 e. The van der Waals surface area contributed by atoms with Crippen molar-refractivity contribution < 1.29 is 4.79 Å². The second-order valence-electron chi connectivity index (χ2n) is 5.23. The fourth-order valence-electron chi connectivity index (χ4n) is 2.27. The summed E-state index contributed by atoms with van der Waals surface area (Å²) in [7, 11) is 0. The fourth-order valence-corrected chi connectivity index (χ4v) is 2.93. The summed E-state index contributed by atoms with van der Waals surface area (Å²) < 4.78 is 0. The Kier molecular flexibility index (Phi) is 5.13. The van der Waals surface area contributed by atoms with Crippen molar-refractivity contribution in [3.05, 3.63) is 85.6 Å². The SMILES string of the molecule is O=C(Nc1cc(Cl)cc(Cl)c1)c1ccc(-c2ccc(Cl)cc2)[nH]c1=O. The van der Waals surface area contributed by atoms with Gasteiger partial charge in [-0.1, -0.05) is 46.9 Å². The number of anilines is 1. The molecule has 0 saturated heterocycles. The normalized spacial score (nSPS) is 10.5. The molecule has 2 N–H and O–H groups in total. The molecule has 0 fully saturated rings. The van der Waals surface area contributed by atoms with E-state index in [0.29, 0.717) is 26.4 Å². The van der Waals surface area contributed by atoms with Crippen molar-refractivity contribution in [3.63, 3.8) is 0 Å². The van der Waals surface area contributed by atoms with Crippen LogP contribution in [0.2, 0.25) is 15.1 Å². The van der Waals surface area contributed by atoms with Crippen molar-refractivity contribution in [2.75, 3.05) is 5.32 Å². The van der Waals surface area contributed by atoms with Gasteiger partial charge in [-0.3, -0.25) is 9.59 Å². The highest BCUT2D eigenvalue weighted by Crippen LogP contribution is 2.23. The summed E-state index contributed by atoms with van der Waals surface area (Å²) in [5.41, 5.74) is 1.26. The first-order chi connectivity index (χ1) is 11.9. The molecule has 0 bridgehead atoms. The molecule has 25 heavy (non-hydrogen) atoms. The van der Waals surface area contributed by atoms with E-state index in [1.54, 1.807) is 48.5 Å². The molecule has 2 aromatic carbocycles. The number of carbonyl (C=O) groups is 1. The van der Waals surface area contributed by atoms with Crippen LogP contribution in [0.5, 0.6) is 0 Å². The lowest BCUT2D eigenvalue weighted by molar-refractivity contribution is 0.102. The predicted molar refractivity (Wildman–Crippen MR) is 102 cm³/mol. The topological polar surface area (TPSA) is 62.0 Å². The van der Waals surface area contributed by atoms with E-state index >= 15 is 0 Å². The molecule has 1 heterocycles. The van der Waals surface area contributed by atoms with Gasteiger partial charge >= 0.3 is 0 Å². The Bertz CT molecular complexity index is 978. The van der Waals surface area contributed by atoms with Crippen molar-refractivity contribution in [1.82, 2.24) is 4.98 Å². The van der Waals surface area contributed by atoms with Crippen LogP contribution in [-0.2, 0) is 0 Å². The molecule has 0 spiro atoms. The Morgan fingerprint density at radius 1 is 0.840 bits per heavy atom. The molecular weight excluding hydrogens is 383 g/mol. The molecule has 3 aromatic rings. The lowest BCUT2D eigenvalue weighted by Crippen LogP contribution is -2.23. The Morgan fingerprint density at radius 2 is 1.48 bits per heavy atom. The van der Waals surface area contributed by atoms with Gasteiger partial charge in [0.15, 0.2) is 0 Å². The molecule has 3 rings (SSSR count). The van der Waals surface area contributed by atoms with Crippen LogP contribution in [0.4, 0.5) is 5.69 Å². The van der Waals surface area contributed by atoms with Crippen LogP contribution < -0.4 is 10.9 Å². The van der Waals surface area contributed by atoms with E-state index in [-0.39, 0.29) is 5.56 Å². The second kappa shape index (κ2) is 7.31. The van der Waals surface area contributed by atoms with Gasteiger partial charge in [0.05, 0.1) is 0 Å². The zero-order valence-corrected chi connectivity index (χ0v) is 14.9. The van der Waals surface area contributed by atoms with Crippen LogP contribution >= 0.6 is 34.8 Å². The maximum atomic E-state index is 12.3.